The van der Waals surface area contributed by atoms with Gasteiger partial charge in [-0.3, -0.25) is 9.59 Å². The molecule has 0 saturated carbocycles. The average Bonchev–Trinajstić information content (AvgIpc) is 3.42. The normalized spacial score (nSPS) is 15.4. The third-order valence-electron chi connectivity index (χ3n) is 9.98. The van der Waals surface area contributed by atoms with Gasteiger partial charge in [-0.1, -0.05) is 107 Å². The van der Waals surface area contributed by atoms with Crippen molar-refractivity contribution in [1.82, 2.24) is 0 Å². The molecule has 284 valence electrons. The molecule has 7 rings (SSSR count). The minimum Gasteiger partial charge on any atom is -0.871 e. The zero-order valence-corrected chi connectivity index (χ0v) is 32.0. The van der Waals surface area contributed by atoms with Crippen molar-refractivity contribution in [3.05, 3.63) is 149 Å². The molecule has 0 atom stereocenters. The smallest absolute Gasteiger partial charge is 0.365 e. The molecular formula is C49H46O7. The maximum Gasteiger partial charge on any atom is 0.365 e. The van der Waals surface area contributed by atoms with Crippen molar-refractivity contribution in [3.63, 3.8) is 0 Å². The highest BCUT2D eigenvalue weighted by molar-refractivity contribution is 6.54. The van der Waals surface area contributed by atoms with Crippen LogP contribution >= 0.6 is 0 Å². The number of Topliss-reactive ketones (excluding diaryl/α,β-unsaturated/α-hetero) is 2. The fraction of sp³-hybridized carbons (Fsp3) is 0.245. The van der Waals surface area contributed by atoms with Gasteiger partial charge in [-0.2, -0.15) is 0 Å². The van der Waals surface area contributed by atoms with Crippen molar-refractivity contribution >= 4 is 39.9 Å². The lowest BCUT2D eigenvalue weighted by Gasteiger charge is -2.22. The predicted molar refractivity (Wildman–Crippen MR) is 220 cm³/mol. The van der Waals surface area contributed by atoms with Crippen LogP contribution < -0.4 is 19.3 Å². The summed E-state index contributed by atoms with van der Waals surface area (Å²) in [5.41, 5.74) is 3.59. The number of carbonyl (C=O) groups is 2. The van der Waals surface area contributed by atoms with Gasteiger partial charge in [0, 0.05) is 33.9 Å². The zero-order chi connectivity index (χ0) is 38.9. The van der Waals surface area contributed by atoms with Crippen LogP contribution in [0, 0.1) is 0 Å². The molecule has 0 N–H and O–H groups in total. The summed E-state index contributed by atoms with van der Waals surface area (Å²) in [5, 5.41) is 14.8. The number of allylic oxidation sites excluding steroid dienone is 5. The lowest BCUT2D eigenvalue weighted by Crippen LogP contribution is -2.10. The van der Waals surface area contributed by atoms with Gasteiger partial charge in [0.2, 0.25) is 11.6 Å². The highest BCUT2D eigenvalue weighted by Gasteiger charge is 2.32. The molecule has 1 aromatic heterocycles. The number of carbonyl (C=O) groups excluding carboxylic acids is 2. The molecule has 0 spiro atoms. The van der Waals surface area contributed by atoms with Crippen LogP contribution in [-0.4, -0.2) is 24.8 Å². The Kier molecular flexibility index (Phi) is 12.2. The van der Waals surface area contributed by atoms with Crippen LogP contribution in [0.5, 0.6) is 17.2 Å². The number of rotatable bonds is 16. The van der Waals surface area contributed by atoms with E-state index in [1.165, 1.54) is 12.2 Å². The van der Waals surface area contributed by atoms with Crippen molar-refractivity contribution in [2.24, 2.45) is 0 Å². The van der Waals surface area contributed by atoms with Crippen LogP contribution in [0.4, 0.5) is 0 Å². The van der Waals surface area contributed by atoms with Gasteiger partial charge in [0.05, 0.1) is 36.3 Å². The maximum absolute atomic E-state index is 14.1. The minimum absolute atomic E-state index is 0.198. The molecule has 2 aliphatic rings. The van der Waals surface area contributed by atoms with Crippen LogP contribution in [0.25, 0.3) is 39.7 Å². The molecule has 56 heavy (non-hydrogen) atoms. The van der Waals surface area contributed by atoms with E-state index in [0.29, 0.717) is 69.7 Å². The first-order chi connectivity index (χ1) is 27.4. The van der Waals surface area contributed by atoms with Gasteiger partial charge in [-0.05, 0) is 73.0 Å². The summed E-state index contributed by atoms with van der Waals surface area (Å²) in [6.45, 7) is 5.53. The number of unbranched alkanes of at least 4 members (excludes halogenated alkanes) is 6. The van der Waals surface area contributed by atoms with E-state index in [2.05, 4.69) is 13.8 Å². The van der Waals surface area contributed by atoms with Gasteiger partial charge in [0.1, 0.15) is 23.0 Å². The Morgan fingerprint density at radius 1 is 0.679 bits per heavy atom. The van der Waals surface area contributed by atoms with Crippen molar-refractivity contribution in [2.75, 3.05) is 13.2 Å². The van der Waals surface area contributed by atoms with Gasteiger partial charge in [0.25, 0.3) is 0 Å². The first kappa shape index (κ1) is 38.1. The first-order valence-electron chi connectivity index (χ1n) is 19.7. The van der Waals surface area contributed by atoms with Gasteiger partial charge < -0.3 is 19.3 Å². The summed E-state index contributed by atoms with van der Waals surface area (Å²) >= 11 is 0. The van der Waals surface area contributed by atoms with Crippen LogP contribution in [-0.2, 0) is 9.59 Å². The molecule has 0 bridgehead atoms. The Labute approximate surface area is 328 Å². The fourth-order valence-electron chi connectivity index (χ4n) is 6.90. The van der Waals surface area contributed by atoms with E-state index in [1.54, 1.807) is 12.1 Å². The van der Waals surface area contributed by atoms with E-state index in [1.807, 2.05) is 97.1 Å². The molecule has 5 aromatic rings. The summed E-state index contributed by atoms with van der Waals surface area (Å²) in [4.78, 5) is 27.3. The second kappa shape index (κ2) is 17.9. The number of fused-ring (bicyclic) bond motifs is 2. The molecule has 1 aliphatic heterocycles. The molecule has 7 nitrogen and oxygen atoms in total. The molecular weight excluding hydrogens is 701 g/mol. The third kappa shape index (κ3) is 8.68. The largest absolute Gasteiger partial charge is 0.871 e. The quantitative estimate of drug-likeness (QED) is 0.0429. The molecule has 7 heteroatoms. The summed E-state index contributed by atoms with van der Waals surface area (Å²) in [6, 6.07) is 32.1. The Balaban J connectivity index is 1.27. The fourth-order valence-corrected chi connectivity index (χ4v) is 6.90. The Morgan fingerprint density at radius 3 is 2.00 bits per heavy atom. The minimum atomic E-state index is -0.851. The van der Waals surface area contributed by atoms with Crippen LogP contribution in [0.1, 0.15) is 81.9 Å². The number of hydrogen-bond acceptors (Lipinski definition) is 6. The highest BCUT2D eigenvalue weighted by Crippen LogP contribution is 2.41. The van der Waals surface area contributed by atoms with Gasteiger partial charge >= 0.3 is 11.3 Å². The molecule has 0 unspecified atom stereocenters. The van der Waals surface area contributed by atoms with Crippen LogP contribution in [0.15, 0.2) is 137 Å². The summed E-state index contributed by atoms with van der Waals surface area (Å²) in [7, 11) is 0. The summed E-state index contributed by atoms with van der Waals surface area (Å²) < 4.78 is 24.8. The molecule has 0 saturated heterocycles. The molecule has 1 aliphatic carbocycles. The van der Waals surface area contributed by atoms with E-state index in [4.69, 9.17) is 18.6 Å². The van der Waals surface area contributed by atoms with Crippen molar-refractivity contribution in [2.45, 2.75) is 65.2 Å². The summed E-state index contributed by atoms with van der Waals surface area (Å²) in [6.07, 6.45) is 13.5. The highest BCUT2D eigenvalue weighted by atomic mass is 16.5. The van der Waals surface area contributed by atoms with E-state index in [9.17, 15) is 14.7 Å². The standard InChI is InChI=1S/C49H46O7/c1-3-5-7-15-25-53-37-21-23-39-35(29-43(55-45(39)31-37)33-17-11-9-12-18-33)27-41-47(50)42(49(52)48(41)51)28-36-30-44(34-19-13-10-14-20-34)56-46-32-38(22-24-40(36)46)54-26-16-8-6-4-2/h9-14,17-24,27-32H,3-8,15-16,25-26H2,1-2H3. The second-order valence-corrected chi connectivity index (χ2v) is 14.1. The van der Waals surface area contributed by atoms with Crippen molar-refractivity contribution in [1.29, 1.82) is 0 Å². The van der Waals surface area contributed by atoms with Crippen molar-refractivity contribution < 1.29 is 33.3 Å². The van der Waals surface area contributed by atoms with Crippen molar-refractivity contribution in [3.8, 4) is 28.6 Å². The molecule has 0 fully saturated rings. The predicted octanol–water partition coefficient (Wildman–Crippen LogP) is 11.0. The molecule has 0 radical (unpaired) electrons. The molecule has 2 heterocycles. The molecule has 4 aromatic carbocycles. The van der Waals surface area contributed by atoms with E-state index in [-0.39, 0.29) is 11.1 Å². The van der Waals surface area contributed by atoms with Gasteiger partial charge in [-0.25, -0.2) is 4.42 Å². The second-order valence-electron chi connectivity index (χ2n) is 14.1. The van der Waals surface area contributed by atoms with E-state index >= 15 is 0 Å². The Hall–Kier alpha value is -6.21. The Bertz CT molecular complexity index is 2350. The van der Waals surface area contributed by atoms with E-state index in [0.717, 1.165) is 62.5 Å². The summed E-state index contributed by atoms with van der Waals surface area (Å²) in [5.74, 6) is 0.608. The number of hydrogen-bond donors (Lipinski definition) is 0. The number of benzene rings is 4. The Morgan fingerprint density at radius 2 is 1.32 bits per heavy atom. The lowest BCUT2D eigenvalue weighted by atomic mass is 9.96. The van der Waals surface area contributed by atoms with Gasteiger partial charge in [-0.15, -0.1) is 0 Å². The van der Waals surface area contributed by atoms with E-state index < -0.39 is 17.3 Å². The molecule has 0 amide bonds. The monoisotopic (exact) mass is 746 g/mol. The first-order valence-corrected chi connectivity index (χ1v) is 19.7. The zero-order valence-electron chi connectivity index (χ0n) is 32.0. The van der Waals surface area contributed by atoms with Crippen LogP contribution in [0.3, 0.4) is 0 Å². The average molecular weight is 747 g/mol. The van der Waals surface area contributed by atoms with Gasteiger partial charge in [0.15, 0.2) is 0 Å². The maximum atomic E-state index is 14.1. The number of ketones is 2. The number of ether oxygens (including phenoxy) is 3. The topological polar surface area (TPSA) is 96.2 Å². The SMILES string of the molecule is CCCCCCOc1ccc2c(c1)OC(c1ccccc1)=C/C2=C\C1=C([O-])C(=C/c2cc(-c3ccccc3)[o+]c3cc(OCCCCCC)ccc23)/C(=O)C1=O. The third-order valence-corrected chi connectivity index (χ3v) is 9.98. The lowest BCUT2D eigenvalue weighted by molar-refractivity contribution is -0.296. The van der Waals surface area contributed by atoms with Crippen LogP contribution in [0.2, 0.25) is 0 Å².